The molecule has 106 valence electrons. The van der Waals surface area contributed by atoms with Crippen LogP contribution < -0.4 is 10.5 Å². The summed E-state index contributed by atoms with van der Waals surface area (Å²) in [5.74, 6) is 0.608. The fourth-order valence-corrected chi connectivity index (χ4v) is 1.91. The Balaban J connectivity index is 2.12. The van der Waals surface area contributed by atoms with Gasteiger partial charge in [0.1, 0.15) is 18.4 Å². The van der Waals surface area contributed by atoms with E-state index >= 15 is 0 Å². The Morgan fingerprint density at radius 2 is 1.95 bits per heavy atom. The predicted molar refractivity (Wildman–Crippen MR) is 84.6 cm³/mol. The molecule has 2 aromatic carbocycles. The maximum atomic E-state index is 9.16. The molecule has 3 nitrogen and oxygen atoms in total. The van der Waals surface area contributed by atoms with Gasteiger partial charge in [0.2, 0.25) is 0 Å². The second kappa shape index (κ2) is 7.88. The van der Waals surface area contributed by atoms with Crippen molar-refractivity contribution in [1.82, 2.24) is 0 Å². The molecule has 0 fully saturated rings. The normalized spacial score (nSPS) is 10.5. The van der Waals surface area contributed by atoms with Crippen LogP contribution in [-0.2, 0) is 6.61 Å². The molecule has 0 aliphatic heterocycles. The van der Waals surface area contributed by atoms with Gasteiger partial charge in [-0.3, -0.25) is 0 Å². The number of nitrogens with two attached hydrogens (primary N) is 1. The fraction of sp³-hybridized carbons (Fsp3) is 0.167. The number of benzene rings is 2. The average molecular weight is 278 g/mol. The summed E-state index contributed by atoms with van der Waals surface area (Å²) in [4.78, 5) is 0. The lowest BCUT2D eigenvalue weighted by molar-refractivity contribution is 0.305. The van der Waals surface area contributed by atoms with Crippen molar-refractivity contribution in [2.75, 3.05) is 6.54 Å². The first-order chi connectivity index (χ1) is 10.3. The molecule has 0 saturated heterocycles. The lowest BCUT2D eigenvalue weighted by atomic mass is 10.1. The number of hydrogen-bond acceptors (Lipinski definition) is 3. The molecular weight excluding hydrogens is 260 g/mol. The highest BCUT2D eigenvalue weighted by molar-refractivity contribution is 5.56. The highest BCUT2D eigenvalue weighted by atomic mass is 16.5. The van der Waals surface area contributed by atoms with Gasteiger partial charge in [-0.25, -0.2) is 0 Å². The van der Waals surface area contributed by atoms with Crippen LogP contribution in [0, 0.1) is 11.3 Å². The maximum absolute atomic E-state index is 9.16. The van der Waals surface area contributed by atoms with Gasteiger partial charge < -0.3 is 10.5 Å². The molecule has 2 N–H and O–H groups in total. The Labute approximate surface area is 125 Å². The maximum Gasteiger partial charge on any atom is 0.138 e. The number of nitrogens with zero attached hydrogens (tertiary/aromatic N) is 1. The number of nitriles is 1. The summed E-state index contributed by atoms with van der Waals surface area (Å²) >= 11 is 0. The molecule has 0 radical (unpaired) electrons. The molecule has 0 unspecified atom stereocenters. The third-order valence-corrected chi connectivity index (χ3v) is 3.01. The van der Waals surface area contributed by atoms with Crippen molar-refractivity contribution in [1.29, 1.82) is 5.26 Å². The quantitative estimate of drug-likeness (QED) is 0.879. The Kier molecular flexibility index (Phi) is 5.57. The SMILES string of the molecule is N#Cc1ccc(C=CCCN)cc1OCc1ccccc1. The van der Waals surface area contributed by atoms with E-state index in [0.717, 1.165) is 17.5 Å². The molecule has 0 aliphatic carbocycles. The third-order valence-electron chi connectivity index (χ3n) is 3.01. The van der Waals surface area contributed by atoms with Crippen molar-refractivity contribution in [2.24, 2.45) is 5.73 Å². The predicted octanol–water partition coefficient (Wildman–Crippen LogP) is 3.50. The first kappa shape index (κ1) is 14.8. The molecule has 0 heterocycles. The van der Waals surface area contributed by atoms with Gasteiger partial charge in [0, 0.05) is 0 Å². The van der Waals surface area contributed by atoms with Gasteiger partial charge in [-0.15, -0.1) is 0 Å². The summed E-state index contributed by atoms with van der Waals surface area (Å²) in [5.41, 5.74) is 8.08. The Morgan fingerprint density at radius 1 is 1.14 bits per heavy atom. The zero-order valence-corrected chi connectivity index (χ0v) is 11.8. The first-order valence-electron chi connectivity index (χ1n) is 6.91. The van der Waals surface area contributed by atoms with E-state index in [0.29, 0.717) is 24.5 Å². The first-order valence-corrected chi connectivity index (χ1v) is 6.91. The lowest BCUT2D eigenvalue weighted by Crippen LogP contribution is -1.97. The largest absolute Gasteiger partial charge is 0.488 e. The topological polar surface area (TPSA) is 59.0 Å². The monoisotopic (exact) mass is 278 g/mol. The molecule has 0 aliphatic rings. The summed E-state index contributed by atoms with van der Waals surface area (Å²) in [5, 5.41) is 9.16. The Morgan fingerprint density at radius 3 is 2.67 bits per heavy atom. The molecule has 0 saturated carbocycles. The van der Waals surface area contributed by atoms with Crippen molar-refractivity contribution in [3.63, 3.8) is 0 Å². The summed E-state index contributed by atoms with van der Waals surface area (Å²) < 4.78 is 5.78. The average Bonchev–Trinajstić information content (AvgIpc) is 2.54. The zero-order chi connectivity index (χ0) is 14.9. The van der Waals surface area contributed by atoms with E-state index in [-0.39, 0.29) is 0 Å². The zero-order valence-electron chi connectivity index (χ0n) is 11.8. The van der Waals surface area contributed by atoms with Crippen LogP contribution in [0.15, 0.2) is 54.6 Å². The minimum Gasteiger partial charge on any atom is -0.488 e. The van der Waals surface area contributed by atoms with E-state index in [9.17, 15) is 0 Å². The van der Waals surface area contributed by atoms with Gasteiger partial charge in [0.05, 0.1) is 5.56 Å². The van der Waals surface area contributed by atoms with E-state index in [4.69, 9.17) is 15.7 Å². The standard InChI is InChI=1S/C18H18N2O/c19-11-5-4-6-15-9-10-17(13-20)18(12-15)21-14-16-7-2-1-3-8-16/h1-4,6-10,12H,5,11,14,19H2. The molecule has 0 aromatic heterocycles. The lowest BCUT2D eigenvalue weighted by Gasteiger charge is -2.09. The molecule has 0 bridgehead atoms. The molecule has 21 heavy (non-hydrogen) atoms. The van der Waals surface area contributed by atoms with Crippen LogP contribution in [0.1, 0.15) is 23.1 Å². The fourth-order valence-electron chi connectivity index (χ4n) is 1.91. The molecule has 2 rings (SSSR count). The minimum atomic E-state index is 0.450. The van der Waals surface area contributed by atoms with Gasteiger partial charge >= 0.3 is 0 Å². The van der Waals surface area contributed by atoms with E-state index in [1.54, 1.807) is 6.07 Å². The number of rotatable bonds is 6. The summed E-state index contributed by atoms with van der Waals surface area (Å²) in [6.45, 7) is 1.08. The van der Waals surface area contributed by atoms with E-state index in [1.165, 1.54) is 0 Å². The van der Waals surface area contributed by atoms with Crippen LogP contribution in [0.5, 0.6) is 5.75 Å². The van der Waals surface area contributed by atoms with Gasteiger partial charge in [0.15, 0.2) is 0 Å². The van der Waals surface area contributed by atoms with Crippen molar-refractivity contribution in [3.8, 4) is 11.8 Å². The number of hydrogen-bond donors (Lipinski definition) is 1. The third kappa shape index (κ3) is 4.48. The van der Waals surface area contributed by atoms with E-state index in [2.05, 4.69) is 6.07 Å². The molecular formula is C18H18N2O. The highest BCUT2D eigenvalue weighted by Gasteiger charge is 2.04. The van der Waals surface area contributed by atoms with Crippen molar-refractivity contribution in [3.05, 3.63) is 71.3 Å². The van der Waals surface area contributed by atoms with Crippen LogP contribution in [0.3, 0.4) is 0 Å². The van der Waals surface area contributed by atoms with Crippen LogP contribution in [0.2, 0.25) is 0 Å². The Hall–Kier alpha value is -2.57. The van der Waals surface area contributed by atoms with Crippen LogP contribution in [0.25, 0.3) is 6.08 Å². The van der Waals surface area contributed by atoms with Crippen LogP contribution in [-0.4, -0.2) is 6.54 Å². The van der Waals surface area contributed by atoms with Gasteiger partial charge in [0.25, 0.3) is 0 Å². The molecule has 3 heteroatoms. The second-order valence-electron chi connectivity index (χ2n) is 4.62. The Bertz CT molecular complexity index is 642. The van der Waals surface area contributed by atoms with E-state index in [1.807, 2.05) is 54.6 Å². The molecule has 2 aromatic rings. The summed E-state index contributed by atoms with van der Waals surface area (Å²) in [7, 11) is 0. The molecule has 0 amide bonds. The molecule has 0 spiro atoms. The van der Waals surface area contributed by atoms with E-state index < -0.39 is 0 Å². The second-order valence-corrected chi connectivity index (χ2v) is 4.62. The van der Waals surface area contributed by atoms with Gasteiger partial charge in [-0.1, -0.05) is 48.6 Å². The van der Waals surface area contributed by atoms with Crippen molar-refractivity contribution >= 4 is 6.08 Å². The number of ether oxygens (including phenoxy) is 1. The summed E-state index contributed by atoms with van der Waals surface area (Å²) in [6.07, 6.45) is 4.84. The van der Waals surface area contributed by atoms with Crippen molar-refractivity contribution < 1.29 is 4.74 Å². The van der Waals surface area contributed by atoms with Gasteiger partial charge in [-0.2, -0.15) is 5.26 Å². The minimum absolute atomic E-state index is 0.450. The summed E-state index contributed by atoms with van der Waals surface area (Å²) in [6, 6.07) is 17.6. The smallest absolute Gasteiger partial charge is 0.138 e. The van der Waals surface area contributed by atoms with Crippen LogP contribution in [0.4, 0.5) is 0 Å². The molecule has 0 atom stereocenters. The van der Waals surface area contributed by atoms with Gasteiger partial charge in [-0.05, 0) is 36.2 Å². The van der Waals surface area contributed by atoms with Crippen molar-refractivity contribution in [2.45, 2.75) is 13.0 Å². The van der Waals surface area contributed by atoms with Crippen LogP contribution >= 0.6 is 0 Å². The highest BCUT2D eigenvalue weighted by Crippen LogP contribution is 2.22.